The van der Waals surface area contributed by atoms with E-state index in [9.17, 15) is 0 Å². The molecule has 1 unspecified atom stereocenters. The Morgan fingerprint density at radius 2 is 1.93 bits per heavy atom. The van der Waals surface area contributed by atoms with E-state index in [1.54, 1.807) is 0 Å². The molecule has 0 aromatic carbocycles. The lowest BCUT2D eigenvalue weighted by Crippen LogP contribution is -2.41. The van der Waals surface area contributed by atoms with E-state index < -0.39 is 0 Å². The van der Waals surface area contributed by atoms with Crippen LogP contribution in [0.15, 0.2) is 0 Å². The van der Waals surface area contributed by atoms with Crippen molar-refractivity contribution in [3.05, 3.63) is 0 Å². The summed E-state index contributed by atoms with van der Waals surface area (Å²) >= 11 is 0. The smallest absolute Gasteiger partial charge is 0.0471 e. The van der Waals surface area contributed by atoms with Gasteiger partial charge in [0.1, 0.15) is 0 Å². The maximum Gasteiger partial charge on any atom is 0.0471 e. The van der Waals surface area contributed by atoms with Crippen molar-refractivity contribution >= 4 is 0 Å². The fourth-order valence-corrected chi connectivity index (χ4v) is 2.23. The van der Waals surface area contributed by atoms with Crippen molar-refractivity contribution < 1.29 is 4.74 Å². The van der Waals surface area contributed by atoms with Crippen LogP contribution in [0.1, 0.15) is 52.9 Å². The standard InChI is InChI=1S/C13H27NO/c1-4-6-12(5-2)14-11-13(3)7-9-15-10-8-13/h12,14H,4-11H2,1-3H3. The number of hydrogen-bond donors (Lipinski definition) is 1. The quantitative estimate of drug-likeness (QED) is 0.732. The Morgan fingerprint density at radius 3 is 2.47 bits per heavy atom. The summed E-state index contributed by atoms with van der Waals surface area (Å²) in [5.41, 5.74) is 0.472. The van der Waals surface area contributed by atoms with Crippen LogP contribution >= 0.6 is 0 Å². The van der Waals surface area contributed by atoms with Crippen LogP contribution in [0, 0.1) is 5.41 Å². The molecule has 2 nitrogen and oxygen atoms in total. The molecule has 0 aliphatic carbocycles. The first-order valence-electron chi connectivity index (χ1n) is 6.51. The minimum Gasteiger partial charge on any atom is -0.381 e. The zero-order valence-corrected chi connectivity index (χ0v) is 10.6. The molecule has 15 heavy (non-hydrogen) atoms. The van der Waals surface area contributed by atoms with Crippen molar-refractivity contribution in [2.75, 3.05) is 19.8 Å². The van der Waals surface area contributed by atoms with Gasteiger partial charge < -0.3 is 10.1 Å². The Bertz CT molecular complexity index is 164. The summed E-state index contributed by atoms with van der Waals surface area (Å²) in [5, 5.41) is 3.72. The summed E-state index contributed by atoms with van der Waals surface area (Å²) in [4.78, 5) is 0. The first-order chi connectivity index (χ1) is 7.20. The number of ether oxygens (including phenoxy) is 1. The van der Waals surface area contributed by atoms with Crippen molar-refractivity contribution in [1.29, 1.82) is 0 Å². The maximum atomic E-state index is 5.42. The predicted octanol–water partition coefficient (Wildman–Crippen LogP) is 2.97. The number of nitrogens with one attached hydrogen (secondary N) is 1. The third kappa shape index (κ3) is 4.52. The van der Waals surface area contributed by atoms with Crippen LogP contribution in [0.3, 0.4) is 0 Å². The van der Waals surface area contributed by atoms with Crippen LogP contribution in [-0.4, -0.2) is 25.8 Å². The average Bonchev–Trinajstić information content (AvgIpc) is 2.25. The molecule has 0 saturated carbocycles. The molecule has 0 amide bonds. The van der Waals surface area contributed by atoms with Gasteiger partial charge in [0.05, 0.1) is 0 Å². The third-order valence-electron chi connectivity index (χ3n) is 3.65. The van der Waals surface area contributed by atoms with Crippen molar-refractivity contribution in [1.82, 2.24) is 5.32 Å². The monoisotopic (exact) mass is 213 g/mol. The summed E-state index contributed by atoms with van der Waals surface area (Å²) in [6, 6.07) is 0.717. The summed E-state index contributed by atoms with van der Waals surface area (Å²) < 4.78 is 5.42. The second-order valence-corrected chi connectivity index (χ2v) is 5.20. The molecule has 1 aliphatic heterocycles. The molecule has 0 radical (unpaired) electrons. The first kappa shape index (κ1) is 13.0. The van der Waals surface area contributed by atoms with Crippen LogP contribution in [0.2, 0.25) is 0 Å². The molecule has 1 aliphatic rings. The molecule has 2 heteroatoms. The number of hydrogen-bond acceptors (Lipinski definition) is 2. The molecule has 0 spiro atoms. The lowest BCUT2D eigenvalue weighted by atomic mass is 9.82. The molecule has 1 saturated heterocycles. The highest BCUT2D eigenvalue weighted by Crippen LogP contribution is 2.28. The van der Waals surface area contributed by atoms with E-state index in [1.807, 2.05) is 0 Å². The van der Waals surface area contributed by atoms with E-state index in [0.717, 1.165) is 25.8 Å². The molecule has 0 aromatic rings. The van der Waals surface area contributed by atoms with Gasteiger partial charge in [0, 0.05) is 25.8 Å². The molecule has 0 aromatic heterocycles. The molecule has 1 fully saturated rings. The van der Waals surface area contributed by atoms with Gasteiger partial charge in [-0.05, 0) is 31.1 Å². The Hall–Kier alpha value is -0.0800. The second-order valence-electron chi connectivity index (χ2n) is 5.20. The molecular weight excluding hydrogens is 186 g/mol. The Balaban J connectivity index is 2.26. The van der Waals surface area contributed by atoms with Gasteiger partial charge >= 0.3 is 0 Å². The summed E-state index contributed by atoms with van der Waals surface area (Å²) in [6.07, 6.45) is 6.26. The summed E-state index contributed by atoms with van der Waals surface area (Å²) in [5.74, 6) is 0. The van der Waals surface area contributed by atoms with Crippen LogP contribution in [0.25, 0.3) is 0 Å². The van der Waals surface area contributed by atoms with Gasteiger partial charge in [0.25, 0.3) is 0 Å². The van der Waals surface area contributed by atoms with Gasteiger partial charge in [0.2, 0.25) is 0 Å². The average molecular weight is 213 g/mol. The third-order valence-corrected chi connectivity index (χ3v) is 3.65. The molecule has 0 bridgehead atoms. The minimum atomic E-state index is 0.472. The second kappa shape index (κ2) is 6.49. The van der Waals surface area contributed by atoms with E-state index in [4.69, 9.17) is 4.74 Å². The van der Waals surface area contributed by atoms with E-state index in [-0.39, 0.29) is 0 Å². The highest BCUT2D eigenvalue weighted by molar-refractivity contribution is 4.81. The summed E-state index contributed by atoms with van der Waals surface area (Å²) in [7, 11) is 0. The fraction of sp³-hybridized carbons (Fsp3) is 1.00. The van der Waals surface area contributed by atoms with Crippen LogP contribution in [-0.2, 0) is 4.74 Å². The van der Waals surface area contributed by atoms with E-state index in [0.29, 0.717) is 5.41 Å². The van der Waals surface area contributed by atoms with Crippen LogP contribution in [0.5, 0.6) is 0 Å². The molecule has 1 rings (SSSR count). The van der Waals surface area contributed by atoms with Gasteiger partial charge in [-0.25, -0.2) is 0 Å². The first-order valence-corrected chi connectivity index (χ1v) is 6.51. The van der Waals surface area contributed by atoms with E-state index in [1.165, 1.54) is 32.1 Å². The SMILES string of the molecule is CCCC(CC)NCC1(C)CCOCC1. The van der Waals surface area contributed by atoms with Gasteiger partial charge in [-0.3, -0.25) is 0 Å². The molecule has 90 valence electrons. The van der Waals surface area contributed by atoms with Crippen LogP contribution in [0.4, 0.5) is 0 Å². The number of rotatable bonds is 6. The van der Waals surface area contributed by atoms with Crippen molar-refractivity contribution in [2.24, 2.45) is 5.41 Å². The largest absolute Gasteiger partial charge is 0.381 e. The zero-order valence-electron chi connectivity index (χ0n) is 10.6. The minimum absolute atomic E-state index is 0.472. The van der Waals surface area contributed by atoms with Crippen molar-refractivity contribution in [3.63, 3.8) is 0 Å². The topological polar surface area (TPSA) is 21.3 Å². The Morgan fingerprint density at radius 1 is 1.27 bits per heavy atom. The molecular formula is C13H27NO. The maximum absolute atomic E-state index is 5.42. The predicted molar refractivity (Wildman–Crippen MR) is 65.1 cm³/mol. The van der Waals surface area contributed by atoms with Crippen molar-refractivity contribution in [3.8, 4) is 0 Å². The van der Waals surface area contributed by atoms with Crippen LogP contribution < -0.4 is 5.32 Å². The highest BCUT2D eigenvalue weighted by Gasteiger charge is 2.27. The highest BCUT2D eigenvalue weighted by atomic mass is 16.5. The van der Waals surface area contributed by atoms with Gasteiger partial charge in [0.15, 0.2) is 0 Å². The lowest BCUT2D eigenvalue weighted by Gasteiger charge is -2.35. The molecule has 1 atom stereocenters. The lowest BCUT2D eigenvalue weighted by molar-refractivity contribution is 0.0227. The Labute approximate surface area is 94.8 Å². The molecule has 1 heterocycles. The van der Waals surface area contributed by atoms with Crippen molar-refractivity contribution in [2.45, 2.75) is 58.9 Å². The summed E-state index contributed by atoms with van der Waals surface area (Å²) in [6.45, 7) is 9.99. The fourth-order valence-electron chi connectivity index (χ4n) is 2.23. The van der Waals surface area contributed by atoms with E-state index >= 15 is 0 Å². The van der Waals surface area contributed by atoms with E-state index in [2.05, 4.69) is 26.1 Å². The van der Waals surface area contributed by atoms with Gasteiger partial charge in [-0.15, -0.1) is 0 Å². The zero-order chi connectivity index (χ0) is 11.1. The normalized spacial score (nSPS) is 22.6. The van der Waals surface area contributed by atoms with Gasteiger partial charge in [-0.2, -0.15) is 0 Å². The molecule has 1 N–H and O–H groups in total. The Kier molecular flexibility index (Phi) is 5.62. The van der Waals surface area contributed by atoms with Gasteiger partial charge in [-0.1, -0.05) is 27.2 Å².